The van der Waals surface area contributed by atoms with Crippen molar-refractivity contribution in [1.82, 2.24) is 5.32 Å². The van der Waals surface area contributed by atoms with E-state index in [2.05, 4.69) is 10.6 Å². The van der Waals surface area contributed by atoms with Gasteiger partial charge in [0.15, 0.2) is 0 Å². The molecule has 0 saturated heterocycles. The third-order valence-corrected chi connectivity index (χ3v) is 5.53. The van der Waals surface area contributed by atoms with Crippen LogP contribution >= 0.6 is 0 Å². The van der Waals surface area contributed by atoms with Gasteiger partial charge in [-0.25, -0.2) is 0 Å². The van der Waals surface area contributed by atoms with Crippen molar-refractivity contribution in [2.45, 2.75) is 19.9 Å². The summed E-state index contributed by atoms with van der Waals surface area (Å²) in [6, 6.07) is 20.6. The zero-order valence-electron chi connectivity index (χ0n) is 18.2. The Labute approximate surface area is 187 Å². The number of ether oxygens (including phenoxy) is 2. The normalized spacial score (nSPS) is 14.6. The number of methoxy groups -OCH3 is 1. The van der Waals surface area contributed by atoms with E-state index in [9.17, 15) is 9.59 Å². The third-order valence-electron chi connectivity index (χ3n) is 5.53. The van der Waals surface area contributed by atoms with Crippen molar-refractivity contribution in [2.24, 2.45) is 5.92 Å². The van der Waals surface area contributed by atoms with Crippen LogP contribution in [0.25, 0.3) is 0 Å². The van der Waals surface area contributed by atoms with Gasteiger partial charge in [-0.05, 0) is 54.8 Å². The highest BCUT2D eigenvalue weighted by Crippen LogP contribution is 2.30. The van der Waals surface area contributed by atoms with Crippen LogP contribution in [0.1, 0.15) is 27.0 Å². The van der Waals surface area contributed by atoms with Crippen molar-refractivity contribution in [2.75, 3.05) is 19.0 Å². The molecule has 0 spiro atoms. The van der Waals surface area contributed by atoms with Crippen LogP contribution in [0.4, 0.5) is 5.69 Å². The lowest BCUT2D eigenvalue weighted by molar-refractivity contribution is -0.126. The number of hydrogen-bond donors (Lipinski definition) is 2. The lowest BCUT2D eigenvalue weighted by atomic mass is 9.95. The molecule has 1 heterocycles. The van der Waals surface area contributed by atoms with Crippen LogP contribution in [-0.2, 0) is 17.8 Å². The van der Waals surface area contributed by atoms with E-state index in [0.717, 1.165) is 16.9 Å². The van der Waals surface area contributed by atoms with E-state index < -0.39 is 0 Å². The number of fused-ring (bicyclic) bond motifs is 1. The van der Waals surface area contributed by atoms with Crippen molar-refractivity contribution in [3.8, 4) is 11.5 Å². The van der Waals surface area contributed by atoms with E-state index in [1.807, 2.05) is 49.4 Å². The monoisotopic (exact) mass is 430 g/mol. The van der Waals surface area contributed by atoms with E-state index in [4.69, 9.17) is 9.47 Å². The Balaban J connectivity index is 1.40. The lowest BCUT2D eigenvalue weighted by Crippen LogP contribution is -2.37. The van der Waals surface area contributed by atoms with E-state index in [-0.39, 0.29) is 17.7 Å². The van der Waals surface area contributed by atoms with E-state index in [1.54, 1.807) is 24.3 Å². The molecular weight excluding hydrogens is 404 g/mol. The van der Waals surface area contributed by atoms with E-state index in [0.29, 0.717) is 36.6 Å². The summed E-state index contributed by atoms with van der Waals surface area (Å²) < 4.78 is 11.1. The fourth-order valence-electron chi connectivity index (χ4n) is 3.71. The van der Waals surface area contributed by atoms with Gasteiger partial charge in [0.05, 0.1) is 18.6 Å². The summed E-state index contributed by atoms with van der Waals surface area (Å²) in [6.07, 6.45) is 0.549. The van der Waals surface area contributed by atoms with E-state index in [1.165, 1.54) is 12.7 Å². The molecule has 1 aliphatic heterocycles. The second-order valence-corrected chi connectivity index (χ2v) is 7.89. The zero-order chi connectivity index (χ0) is 22.5. The van der Waals surface area contributed by atoms with Crippen LogP contribution < -0.4 is 20.1 Å². The van der Waals surface area contributed by atoms with Crippen LogP contribution in [0.3, 0.4) is 0 Å². The SMILES string of the molecule is COc1ccccc1C(=O)Nc1ccc2c(c1)C[C@H](C(=O)NCc1ccc(C)cc1)CO2. The molecule has 164 valence electrons. The molecule has 0 aromatic heterocycles. The van der Waals surface area contributed by atoms with Gasteiger partial charge in [0.2, 0.25) is 5.91 Å². The van der Waals surface area contributed by atoms with Crippen molar-refractivity contribution in [1.29, 1.82) is 0 Å². The molecular formula is C26H26N2O4. The van der Waals surface area contributed by atoms with Crippen molar-refractivity contribution in [3.05, 3.63) is 89.0 Å². The predicted molar refractivity (Wildman–Crippen MR) is 123 cm³/mol. The molecule has 0 bridgehead atoms. The maximum atomic E-state index is 12.7. The van der Waals surface area contributed by atoms with Crippen molar-refractivity contribution >= 4 is 17.5 Å². The molecule has 6 nitrogen and oxygen atoms in total. The highest BCUT2D eigenvalue weighted by molar-refractivity contribution is 6.06. The number of carbonyl (C=O) groups is 2. The quantitative estimate of drug-likeness (QED) is 0.617. The van der Waals surface area contributed by atoms with E-state index >= 15 is 0 Å². The summed E-state index contributed by atoms with van der Waals surface area (Å²) >= 11 is 0. The van der Waals surface area contributed by atoms with Gasteiger partial charge < -0.3 is 20.1 Å². The van der Waals surface area contributed by atoms with Gasteiger partial charge in [0.1, 0.15) is 18.1 Å². The van der Waals surface area contributed by atoms with Gasteiger partial charge in [-0.1, -0.05) is 42.0 Å². The molecule has 0 aliphatic carbocycles. The molecule has 0 saturated carbocycles. The summed E-state index contributed by atoms with van der Waals surface area (Å²) in [4.78, 5) is 25.4. The molecule has 2 N–H and O–H groups in total. The number of aryl methyl sites for hydroxylation is 1. The number of amides is 2. The Morgan fingerprint density at radius 3 is 2.62 bits per heavy atom. The molecule has 3 aromatic rings. The van der Waals surface area contributed by atoms with Gasteiger partial charge in [0, 0.05) is 12.2 Å². The first-order valence-corrected chi connectivity index (χ1v) is 10.6. The molecule has 0 fully saturated rings. The molecule has 32 heavy (non-hydrogen) atoms. The first-order chi connectivity index (χ1) is 15.5. The van der Waals surface area contributed by atoms with Gasteiger partial charge in [0.25, 0.3) is 5.91 Å². The molecule has 6 heteroatoms. The molecule has 1 atom stereocenters. The Morgan fingerprint density at radius 2 is 1.84 bits per heavy atom. The van der Waals surface area contributed by atoms with Gasteiger partial charge >= 0.3 is 0 Å². The van der Waals surface area contributed by atoms with Gasteiger partial charge in [-0.3, -0.25) is 9.59 Å². The fourth-order valence-corrected chi connectivity index (χ4v) is 3.71. The molecule has 2 amide bonds. The number of para-hydroxylation sites is 1. The van der Waals surface area contributed by atoms with Gasteiger partial charge in [-0.15, -0.1) is 0 Å². The number of hydrogen-bond acceptors (Lipinski definition) is 4. The summed E-state index contributed by atoms with van der Waals surface area (Å²) in [5.41, 5.74) is 4.24. The molecule has 3 aromatic carbocycles. The average Bonchev–Trinajstić information content (AvgIpc) is 2.83. The number of rotatable bonds is 6. The first kappa shape index (κ1) is 21.4. The maximum absolute atomic E-state index is 12.7. The number of benzene rings is 3. The largest absolute Gasteiger partial charge is 0.496 e. The predicted octanol–water partition coefficient (Wildman–Crippen LogP) is 4.12. The minimum atomic E-state index is -0.284. The summed E-state index contributed by atoms with van der Waals surface area (Å²) in [5, 5.41) is 5.90. The fraction of sp³-hybridized carbons (Fsp3) is 0.231. The maximum Gasteiger partial charge on any atom is 0.259 e. The first-order valence-electron chi connectivity index (χ1n) is 10.6. The lowest BCUT2D eigenvalue weighted by Gasteiger charge is -2.25. The second kappa shape index (κ2) is 9.56. The molecule has 1 aliphatic rings. The Kier molecular flexibility index (Phi) is 6.40. The highest BCUT2D eigenvalue weighted by atomic mass is 16.5. The summed E-state index contributed by atoms with van der Waals surface area (Å²) in [5.74, 6) is 0.666. The third kappa shape index (κ3) is 4.91. The topological polar surface area (TPSA) is 76.7 Å². The Bertz CT molecular complexity index is 1120. The number of carbonyl (C=O) groups excluding carboxylic acids is 2. The van der Waals surface area contributed by atoms with Crippen LogP contribution in [0, 0.1) is 12.8 Å². The molecule has 0 radical (unpaired) electrons. The molecule has 0 unspecified atom stereocenters. The average molecular weight is 431 g/mol. The van der Waals surface area contributed by atoms with Crippen LogP contribution in [0.15, 0.2) is 66.7 Å². The van der Waals surface area contributed by atoms with Crippen LogP contribution in [0.2, 0.25) is 0 Å². The second-order valence-electron chi connectivity index (χ2n) is 7.89. The Morgan fingerprint density at radius 1 is 1.06 bits per heavy atom. The standard InChI is InChI=1S/C26H26N2O4/c1-17-7-9-18(10-8-17)15-27-25(29)20-13-19-14-21(11-12-23(19)32-16-20)28-26(30)22-5-3-4-6-24(22)31-2/h3-12,14,20H,13,15-16H2,1-2H3,(H,27,29)(H,28,30)/t20-/m0/s1. The molecule has 4 rings (SSSR count). The zero-order valence-corrected chi connectivity index (χ0v) is 18.2. The number of nitrogens with one attached hydrogen (secondary N) is 2. The summed E-state index contributed by atoms with van der Waals surface area (Å²) in [7, 11) is 1.53. The van der Waals surface area contributed by atoms with Crippen molar-refractivity contribution in [3.63, 3.8) is 0 Å². The number of anilines is 1. The minimum absolute atomic E-state index is 0.0420. The Hall–Kier alpha value is -3.80. The minimum Gasteiger partial charge on any atom is -0.496 e. The van der Waals surface area contributed by atoms with Gasteiger partial charge in [-0.2, -0.15) is 0 Å². The van der Waals surface area contributed by atoms with Crippen LogP contribution in [-0.4, -0.2) is 25.5 Å². The van der Waals surface area contributed by atoms with Crippen molar-refractivity contribution < 1.29 is 19.1 Å². The smallest absolute Gasteiger partial charge is 0.259 e. The highest BCUT2D eigenvalue weighted by Gasteiger charge is 2.26. The summed E-state index contributed by atoms with van der Waals surface area (Å²) in [6.45, 7) is 2.85. The van der Waals surface area contributed by atoms with Crippen LogP contribution in [0.5, 0.6) is 11.5 Å².